The Morgan fingerprint density at radius 2 is 1.36 bits per heavy atom. The van der Waals surface area contributed by atoms with Gasteiger partial charge >= 0.3 is 0 Å². The third kappa shape index (κ3) is 5.08. The second-order valence-electron chi connectivity index (χ2n) is 11.1. The summed E-state index contributed by atoms with van der Waals surface area (Å²) >= 11 is 3.33. The van der Waals surface area contributed by atoms with Gasteiger partial charge in [0.05, 0.1) is 10.6 Å². The largest absolute Gasteiger partial charge is 0.385 e. The number of benzene rings is 2. The first-order valence-corrected chi connectivity index (χ1v) is 16.4. The molecule has 0 saturated heterocycles. The van der Waals surface area contributed by atoms with E-state index in [2.05, 4.69) is 45.8 Å². The Morgan fingerprint density at radius 3 is 2.02 bits per heavy atom. The number of aliphatic hydroxyl groups is 2. The molecular formula is C37H28N4O2S2. The number of rotatable bonds is 7. The summed E-state index contributed by atoms with van der Waals surface area (Å²) in [5, 5.41) is 28.9. The van der Waals surface area contributed by atoms with E-state index in [1.54, 1.807) is 22.7 Å². The lowest BCUT2D eigenvalue weighted by atomic mass is 9.94. The average molecular weight is 625 g/mol. The molecular weight excluding hydrogens is 597 g/mol. The molecule has 0 aliphatic carbocycles. The molecule has 8 heteroatoms. The Bertz CT molecular complexity index is 2280. The smallest absolute Gasteiger partial charge is 0.137 e. The number of hydrogen-bond acceptors (Lipinski definition) is 6. The third-order valence-corrected chi connectivity index (χ3v) is 9.86. The molecule has 2 atom stereocenters. The van der Waals surface area contributed by atoms with Gasteiger partial charge < -0.3 is 19.0 Å². The Morgan fingerprint density at radius 1 is 0.644 bits per heavy atom. The molecule has 0 amide bonds. The minimum atomic E-state index is -1.10. The van der Waals surface area contributed by atoms with Crippen molar-refractivity contribution in [2.75, 3.05) is 0 Å². The predicted molar refractivity (Wildman–Crippen MR) is 183 cm³/mol. The molecule has 0 fully saturated rings. The van der Waals surface area contributed by atoms with Crippen LogP contribution in [0.3, 0.4) is 0 Å². The van der Waals surface area contributed by atoms with E-state index in [9.17, 15) is 10.2 Å². The van der Waals surface area contributed by atoms with E-state index in [4.69, 9.17) is 9.97 Å². The molecule has 0 bridgehead atoms. The maximum atomic E-state index is 11.4. The number of aliphatic hydroxyl groups excluding tert-OH is 2. The highest BCUT2D eigenvalue weighted by Gasteiger charge is 2.22. The van der Waals surface area contributed by atoms with Crippen molar-refractivity contribution in [2.24, 2.45) is 0 Å². The standard InChI is InChI=1S/C37H28N4O2S2/c1-23-35(32-9-4-15-45-32)39-34-13-11-29(20-41(23)34)25-6-3-8-27(18-25)37(43)36(42)26-7-2-5-24(17-26)28-10-12-33-38-31(21-40(33)19-28)30-14-16-44-22-30/h2-22,36-37,42-43H,1H3. The molecule has 0 aliphatic heterocycles. The zero-order valence-electron chi connectivity index (χ0n) is 24.3. The van der Waals surface area contributed by atoms with Gasteiger partial charge in [0.25, 0.3) is 0 Å². The highest BCUT2D eigenvalue weighted by molar-refractivity contribution is 7.13. The van der Waals surface area contributed by atoms with Gasteiger partial charge in [0.2, 0.25) is 0 Å². The highest BCUT2D eigenvalue weighted by Crippen LogP contribution is 2.34. The van der Waals surface area contributed by atoms with Crippen molar-refractivity contribution >= 4 is 34.0 Å². The first kappa shape index (κ1) is 27.7. The van der Waals surface area contributed by atoms with Gasteiger partial charge in [0.1, 0.15) is 29.2 Å². The predicted octanol–water partition coefficient (Wildman–Crippen LogP) is 8.85. The molecule has 8 rings (SSSR count). The van der Waals surface area contributed by atoms with Crippen molar-refractivity contribution in [3.05, 3.63) is 143 Å². The van der Waals surface area contributed by atoms with Crippen LogP contribution in [-0.2, 0) is 0 Å². The molecule has 6 heterocycles. The van der Waals surface area contributed by atoms with Crippen LogP contribution >= 0.6 is 22.7 Å². The number of thiophene rings is 2. The number of hydrogen-bond donors (Lipinski definition) is 2. The number of aryl methyl sites for hydroxylation is 1. The Labute approximate surface area is 267 Å². The van der Waals surface area contributed by atoms with Gasteiger partial charge in [-0.05, 0) is 99.6 Å². The molecule has 6 aromatic heterocycles. The van der Waals surface area contributed by atoms with Crippen molar-refractivity contribution in [3.8, 4) is 44.1 Å². The van der Waals surface area contributed by atoms with Crippen LogP contribution in [0.15, 0.2) is 126 Å². The van der Waals surface area contributed by atoms with Crippen LogP contribution in [0.5, 0.6) is 0 Å². The van der Waals surface area contributed by atoms with E-state index in [1.807, 2.05) is 95.7 Å². The normalized spacial score (nSPS) is 13.0. The lowest BCUT2D eigenvalue weighted by molar-refractivity contribution is 0.0173. The average Bonchev–Trinajstić information content (AvgIpc) is 3.91. The fraction of sp³-hybridized carbons (Fsp3) is 0.0811. The number of fused-ring (bicyclic) bond motifs is 2. The Balaban J connectivity index is 1.06. The van der Waals surface area contributed by atoms with Crippen molar-refractivity contribution < 1.29 is 10.2 Å². The zero-order valence-corrected chi connectivity index (χ0v) is 25.9. The summed E-state index contributed by atoms with van der Waals surface area (Å²) in [4.78, 5) is 10.7. The van der Waals surface area contributed by atoms with E-state index in [-0.39, 0.29) is 0 Å². The first-order chi connectivity index (χ1) is 22.0. The van der Waals surface area contributed by atoms with Gasteiger partial charge in [0.15, 0.2) is 0 Å². The molecule has 2 N–H and O–H groups in total. The van der Waals surface area contributed by atoms with Gasteiger partial charge in [-0.15, -0.1) is 11.3 Å². The maximum Gasteiger partial charge on any atom is 0.137 e. The molecule has 0 saturated carbocycles. The van der Waals surface area contributed by atoms with Crippen LogP contribution in [0.1, 0.15) is 29.0 Å². The van der Waals surface area contributed by atoms with Crippen molar-refractivity contribution in [1.82, 2.24) is 18.8 Å². The quantitative estimate of drug-likeness (QED) is 0.186. The SMILES string of the molecule is Cc1c(-c2cccs2)nc2ccc(-c3cccc(C(O)C(O)c4cccc(-c5ccc6nc(-c7ccsc7)cn6c5)c4)c3)cn12. The molecule has 0 spiro atoms. The van der Waals surface area contributed by atoms with Crippen LogP contribution in [0.25, 0.3) is 55.4 Å². The summed E-state index contributed by atoms with van der Waals surface area (Å²) in [5.74, 6) is 0. The Kier molecular flexibility index (Phi) is 6.92. The summed E-state index contributed by atoms with van der Waals surface area (Å²) in [6.45, 7) is 2.08. The maximum absolute atomic E-state index is 11.4. The van der Waals surface area contributed by atoms with E-state index < -0.39 is 12.2 Å². The molecule has 45 heavy (non-hydrogen) atoms. The molecule has 8 aromatic rings. The fourth-order valence-electron chi connectivity index (χ4n) is 5.86. The van der Waals surface area contributed by atoms with E-state index in [0.717, 1.165) is 61.1 Å². The Hall–Kier alpha value is -4.86. The third-order valence-electron chi connectivity index (χ3n) is 8.30. The van der Waals surface area contributed by atoms with Gasteiger partial charge in [-0.25, -0.2) is 9.97 Å². The highest BCUT2D eigenvalue weighted by atomic mass is 32.1. The molecule has 0 aliphatic rings. The second-order valence-corrected chi connectivity index (χ2v) is 12.9. The summed E-state index contributed by atoms with van der Waals surface area (Å²) < 4.78 is 4.13. The number of pyridine rings is 2. The summed E-state index contributed by atoms with van der Waals surface area (Å²) in [6.07, 6.45) is 3.96. The monoisotopic (exact) mass is 624 g/mol. The number of nitrogens with zero attached hydrogens (tertiary/aromatic N) is 4. The minimum Gasteiger partial charge on any atom is -0.385 e. The van der Waals surface area contributed by atoms with Gasteiger partial charge in [-0.1, -0.05) is 42.5 Å². The molecule has 220 valence electrons. The molecule has 2 unspecified atom stereocenters. The van der Waals surface area contributed by atoms with Gasteiger partial charge in [0, 0.05) is 35.2 Å². The lowest BCUT2D eigenvalue weighted by Gasteiger charge is -2.20. The van der Waals surface area contributed by atoms with E-state index >= 15 is 0 Å². The van der Waals surface area contributed by atoms with Crippen LogP contribution < -0.4 is 0 Å². The topological polar surface area (TPSA) is 75.1 Å². The zero-order chi connectivity index (χ0) is 30.5. The summed E-state index contributed by atoms with van der Waals surface area (Å²) in [6, 6.07) is 29.8. The summed E-state index contributed by atoms with van der Waals surface area (Å²) in [5.41, 5.74) is 11.1. The van der Waals surface area contributed by atoms with Gasteiger partial charge in [-0.2, -0.15) is 11.3 Å². The van der Waals surface area contributed by atoms with Crippen LogP contribution in [0.4, 0.5) is 0 Å². The van der Waals surface area contributed by atoms with E-state index in [1.165, 1.54) is 0 Å². The first-order valence-electron chi connectivity index (χ1n) is 14.6. The number of aromatic nitrogens is 4. The van der Waals surface area contributed by atoms with Crippen molar-refractivity contribution in [1.29, 1.82) is 0 Å². The van der Waals surface area contributed by atoms with Crippen LogP contribution in [0.2, 0.25) is 0 Å². The lowest BCUT2D eigenvalue weighted by Crippen LogP contribution is -2.10. The minimum absolute atomic E-state index is 0.645. The van der Waals surface area contributed by atoms with Crippen molar-refractivity contribution in [2.45, 2.75) is 19.1 Å². The second kappa shape index (κ2) is 11.3. The van der Waals surface area contributed by atoms with E-state index in [0.29, 0.717) is 11.1 Å². The number of imidazole rings is 2. The summed E-state index contributed by atoms with van der Waals surface area (Å²) in [7, 11) is 0. The fourth-order valence-corrected chi connectivity index (χ4v) is 7.28. The van der Waals surface area contributed by atoms with Crippen LogP contribution in [0, 0.1) is 6.92 Å². The molecule has 6 nitrogen and oxygen atoms in total. The molecule has 2 aromatic carbocycles. The van der Waals surface area contributed by atoms with Crippen molar-refractivity contribution in [3.63, 3.8) is 0 Å². The van der Waals surface area contributed by atoms with Gasteiger partial charge in [-0.3, -0.25) is 0 Å². The molecule has 0 radical (unpaired) electrons. The van der Waals surface area contributed by atoms with Crippen LogP contribution in [-0.4, -0.2) is 29.0 Å².